The van der Waals surface area contributed by atoms with Gasteiger partial charge in [0.25, 0.3) is 0 Å². The van der Waals surface area contributed by atoms with Gasteiger partial charge in [-0.2, -0.15) is 0 Å². The lowest BCUT2D eigenvalue weighted by atomic mass is 9.46. The zero-order valence-corrected chi connectivity index (χ0v) is 12.8. The van der Waals surface area contributed by atoms with E-state index in [1.54, 1.807) is 6.20 Å². The second-order valence-corrected chi connectivity index (χ2v) is 6.80. The van der Waals surface area contributed by atoms with Crippen molar-refractivity contribution in [1.29, 1.82) is 0 Å². The maximum Gasteiger partial charge on any atom is 0.246 e. The summed E-state index contributed by atoms with van der Waals surface area (Å²) in [4.78, 5) is 17.0. The Morgan fingerprint density at radius 3 is 3.00 bits per heavy atom. The van der Waals surface area contributed by atoms with Crippen molar-refractivity contribution in [2.45, 2.75) is 45.3 Å². The van der Waals surface area contributed by atoms with Crippen LogP contribution in [0.25, 0.3) is 0 Å². The van der Waals surface area contributed by atoms with Crippen molar-refractivity contribution in [3.63, 3.8) is 0 Å². The Morgan fingerprint density at radius 2 is 2.29 bits per heavy atom. The molecule has 3 unspecified atom stereocenters. The van der Waals surface area contributed by atoms with Crippen molar-refractivity contribution >= 4 is 11.7 Å². The first-order valence-corrected chi connectivity index (χ1v) is 7.52. The highest BCUT2D eigenvalue weighted by molar-refractivity contribution is 5.99. The maximum atomic E-state index is 12.8. The highest BCUT2D eigenvalue weighted by Crippen LogP contribution is 2.57. The minimum absolute atomic E-state index is 0.0764. The second-order valence-electron chi connectivity index (χ2n) is 6.80. The van der Waals surface area contributed by atoms with Gasteiger partial charge in [-0.05, 0) is 37.5 Å². The van der Waals surface area contributed by atoms with Crippen molar-refractivity contribution in [1.82, 2.24) is 4.98 Å². The Labute approximate surface area is 125 Å². The molecular formula is C16H23N3O2. The Bertz CT molecular complexity index is 572. The molecule has 0 spiro atoms. The lowest BCUT2D eigenvalue weighted by Gasteiger charge is -2.65. The van der Waals surface area contributed by atoms with Crippen LogP contribution < -0.4 is 11.1 Å². The van der Waals surface area contributed by atoms with Crippen LogP contribution in [0.15, 0.2) is 18.3 Å². The van der Waals surface area contributed by atoms with E-state index in [2.05, 4.69) is 10.3 Å². The van der Waals surface area contributed by atoms with Gasteiger partial charge in [-0.25, -0.2) is 4.98 Å². The number of nitrogens with two attached hydrogens (primary N) is 1. The van der Waals surface area contributed by atoms with Crippen LogP contribution in [0.5, 0.6) is 0 Å². The lowest BCUT2D eigenvalue weighted by molar-refractivity contribution is -0.222. The van der Waals surface area contributed by atoms with Gasteiger partial charge in [0, 0.05) is 24.1 Å². The number of ether oxygens (including phenoxy) is 1. The van der Waals surface area contributed by atoms with Crippen LogP contribution in [0, 0.1) is 18.3 Å². The predicted octanol–water partition coefficient (Wildman–Crippen LogP) is 1.86. The standard InChI is InChI=1S/C16H23N3O2/c1-10-6-7-18-12(9-10)19-14(20)16(17)11-5-4-8-21-13(11)15(16,2)3/h6-7,9,11,13H,4-5,8,17H2,1-3H3,(H,18,19,20). The minimum Gasteiger partial charge on any atom is -0.377 e. The molecule has 114 valence electrons. The number of nitrogens with one attached hydrogen (secondary N) is 1. The summed E-state index contributed by atoms with van der Waals surface area (Å²) in [5.41, 5.74) is 6.33. The van der Waals surface area contributed by atoms with Gasteiger partial charge < -0.3 is 15.8 Å². The normalized spacial score (nSPS) is 33.7. The van der Waals surface area contributed by atoms with E-state index in [4.69, 9.17) is 10.5 Å². The van der Waals surface area contributed by atoms with Crippen molar-refractivity contribution in [3.05, 3.63) is 23.9 Å². The number of fused-ring (bicyclic) bond motifs is 1. The van der Waals surface area contributed by atoms with Crippen molar-refractivity contribution in [2.75, 3.05) is 11.9 Å². The van der Waals surface area contributed by atoms with E-state index in [0.29, 0.717) is 5.82 Å². The van der Waals surface area contributed by atoms with Gasteiger partial charge in [-0.15, -0.1) is 0 Å². The SMILES string of the molecule is Cc1ccnc(NC(=O)C2(N)C3CCCOC3C2(C)C)c1. The summed E-state index contributed by atoms with van der Waals surface area (Å²) in [6.45, 7) is 6.76. The number of amides is 1. The topological polar surface area (TPSA) is 77.2 Å². The summed E-state index contributed by atoms with van der Waals surface area (Å²) in [5.74, 6) is 0.490. The van der Waals surface area contributed by atoms with Crippen LogP contribution in [-0.4, -0.2) is 29.1 Å². The Kier molecular flexibility index (Phi) is 3.30. The van der Waals surface area contributed by atoms with Gasteiger partial charge >= 0.3 is 0 Å². The number of carbonyl (C=O) groups is 1. The number of rotatable bonds is 2. The highest BCUT2D eigenvalue weighted by atomic mass is 16.5. The largest absolute Gasteiger partial charge is 0.377 e. The third kappa shape index (κ3) is 1.99. The van der Waals surface area contributed by atoms with Gasteiger partial charge in [-0.1, -0.05) is 13.8 Å². The molecule has 0 bridgehead atoms. The van der Waals surface area contributed by atoms with Crippen molar-refractivity contribution < 1.29 is 9.53 Å². The van der Waals surface area contributed by atoms with Crippen LogP contribution in [-0.2, 0) is 9.53 Å². The van der Waals surface area contributed by atoms with Gasteiger partial charge in [0.1, 0.15) is 11.4 Å². The molecule has 1 aliphatic carbocycles. The summed E-state index contributed by atoms with van der Waals surface area (Å²) in [5, 5.41) is 2.88. The van der Waals surface area contributed by atoms with Crippen molar-refractivity contribution in [2.24, 2.45) is 17.1 Å². The van der Waals surface area contributed by atoms with Gasteiger partial charge in [0.2, 0.25) is 5.91 Å². The zero-order chi connectivity index (χ0) is 15.3. The molecule has 1 saturated carbocycles. The molecule has 1 aromatic rings. The number of aromatic nitrogens is 1. The van der Waals surface area contributed by atoms with Crippen LogP contribution in [0.4, 0.5) is 5.82 Å². The Morgan fingerprint density at radius 1 is 1.52 bits per heavy atom. The average Bonchev–Trinajstić information content (AvgIpc) is 2.46. The smallest absolute Gasteiger partial charge is 0.246 e. The molecule has 2 aliphatic rings. The average molecular weight is 289 g/mol. The van der Waals surface area contributed by atoms with Crippen LogP contribution >= 0.6 is 0 Å². The quantitative estimate of drug-likeness (QED) is 0.871. The number of aryl methyl sites for hydroxylation is 1. The molecule has 5 heteroatoms. The zero-order valence-electron chi connectivity index (χ0n) is 12.8. The molecule has 1 amide bonds. The minimum atomic E-state index is -0.899. The number of hydrogen-bond donors (Lipinski definition) is 2. The first-order chi connectivity index (χ1) is 9.87. The molecule has 0 aromatic carbocycles. The Hall–Kier alpha value is -1.46. The highest BCUT2D eigenvalue weighted by Gasteiger charge is 2.70. The third-order valence-electron chi connectivity index (χ3n) is 5.22. The monoisotopic (exact) mass is 289 g/mol. The van der Waals surface area contributed by atoms with Gasteiger partial charge in [0.05, 0.1) is 6.10 Å². The van der Waals surface area contributed by atoms with Gasteiger partial charge in [0.15, 0.2) is 0 Å². The fraction of sp³-hybridized carbons (Fsp3) is 0.625. The first-order valence-electron chi connectivity index (χ1n) is 7.52. The first kappa shape index (κ1) is 14.5. The lowest BCUT2D eigenvalue weighted by Crippen LogP contribution is -2.81. The van der Waals surface area contributed by atoms with E-state index in [1.165, 1.54) is 0 Å². The molecule has 3 N–H and O–H groups in total. The Balaban J connectivity index is 1.83. The molecule has 3 rings (SSSR count). The summed E-state index contributed by atoms with van der Waals surface area (Å²) in [6.07, 6.45) is 3.67. The van der Waals surface area contributed by atoms with E-state index in [-0.39, 0.29) is 23.3 Å². The molecule has 0 radical (unpaired) electrons. The maximum absolute atomic E-state index is 12.8. The number of carbonyl (C=O) groups excluding carboxylic acids is 1. The van der Waals surface area contributed by atoms with Crippen LogP contribution in [0.2, 0.25) is 0 Å². The van der Waals surface area contributed by atoms with E-state index < -0.39 is 5.54 Å². The van der Waals surface area contributed by atoms with E-state index >= 15 is 0 Å². The fourth-order valence-corrected chi connectivity index (χ4v) is 3.86. The number of hydrogen-bond acceptors (Lipinski definition) is 4. The molecule has 21 heavy (non-hydrogen) atoms. The molecule has 1 saturated heterocycles. The van der Waals surface area contributed by atoms with Crippen molar-refractivity contribution in [3.8, 4) is 0 Å². The molecule has 3 atom stereocenters. The molecule has 1 aliphatic heterocycles. The molecule has 5 nitrogen and oxygen atoms in total. The van der Waals surface area contributed by atoms with Gasteiger partial charge in [-0.3, -0.25) is 4.79 Å². The molecular weight excluding hydrogens is 266 g/mol. The van der Waals surface area contributed by atoms with E-state index in [0.717, 1.165) is 25.0 Å². The number of anilines is 1. The molecule has 2 fully saturated rings. The number of pyridine rings is 1. The van der Waals surface area contributed by atoms with E-state index in [9.17, 15) is 4.79 Å². The predicted molar refractivity (Wildman–Crippen MR) is 80.8 cm³/mol. The molecule has 2 heterocycles. The summed E-state index contributed by atoms with van der Waals surface area (Å²) in [6, 6.07) is 3.74. The molecule has 1 aromatic heterocycles. The van der Waals surface area contributed by atoms with E-state index in [1.807, 2.05) is 32.9 Å². The summed E-state index contributed by atoms with van der Waals surface area (Å²) in [7, 11) is 0. The summed E-state index contributed by atoms with van der Waals surface area (Å²) < 4.78 is 5.83. The van der Waals surface area contributed by atoms with Crippen LogP contribution in [0.3, 0.4) is 0 Å². The third-order valence-corrected chi connectivity index (χ3v) is 5.22. The second kappa shape index (κ2) is 4.78. The van der Waals surface area contributed by atoms with Crippen LogP contribution in [0.1, 0.15) is 32.3 Å². The fourth-order valence-electron chi connectivity index (χ4n) is 3.86. The summed E-state index contributed by atoms with van der Waals surface area (Å²) >= 11 is 0. The number of nitrogens with zero attached hydrogens (tertiary/aromatic N) is 1.